The number of nitrogens with one attached hydrogen (secondary N) is 1. The molecule has 3 atom stereocenters. The molecule has 4 aromatic rings. The summed E-state index contributed by atoms with van der Waals surface area (Å²) in [4.78, 5) is 22.5. The first-order valence-corrected chi connectivity index (χ1v) is 15.7. The number of benzene rings is 3. The minimum atomic E-state index is -0.565. The van der Waals surface area contributed by atoms with E-state index < -0.39 is 5.60 Å². The number of ether oxygens (including phenoxy) is 5. The number of amides is 1. The van der Waals surface area contributed by atoms with Gasteiger partial charge in [-0.05, 0) is 63.9 Å². The van der Waals surface area contributed by atoms with Crippen LogP contribution in [0.25, 0.3) is 11.0 Å². The van der Waals surface area contributed by atoms with E-state index in [4.69, 9.17) is 23.7 Å². The third-order valence-electron chi connectivity index (χ3n) is 7.97. The number of carbonyl (C=O) groups is 1. The van der Waals surface area contributed by atoms with Gasteiger partial charge in [-0.1, -0.05) is 42.5 Å². The first kappa shape index (κ1) is 32.3. The molecule has 1 aliphatic rings. The van der Waals surface area contributed by atoms with Gasteiger partial charge in [-0.3, -0.25) is 0 Å². The second kappa shape index (κ2) is 14.8. The molecule has 2 heterocycles. The predicted molar refractivity (Wildman–Crippen MR) is 174 cm³/mol. The average Bonchev–Trinajstić information content (AvgIpc) is 3.52. The molecule has 5 rings (SSSR count). The van der Waals surface area contributed by atoms with Gasteiger partial charge < -0.3 is 33.6 Å². The number of aromatic amines is 1. The van der Waals surface area contributed by atoms with Crippen LogP contribution in [-0.2, 0) is 20.8 Å². The Bertz CT molecular complexity index is 1530. The van der Waals surface area contributed by atoms with E-state index in [0.29, 0.717) is 32.9 Å². The summed E-state index contributed by atoms with van der Waals surface area (Å²) in [5.41, 5.74) is 4.50. The van der Waals surface area contributed by atoms with E-state index >= 15 is 0 Å². The number of aromatic nitrogens is 2. The Kier molecular flexibility index (Phi) is 10.6. The molecule has 1 saturated heterocycles. The van der Waals surface area contributed by atoms with Crippen LogP contribution in [0.3, 0.4) is 0 Å². The molecule has 1 amide bonds. The van der Waals surface area contributed by atoms with E-state index in [1.165, 1.54) is 0 Å². The van der Waals surface area contributed by atoms with Crippen molar-refractivity contribution >= 4 is 17.1 Å². The van der Waals surface area contributed by atoms with E-state index in [0.717, 1.165) is 52.1 Å². The third-order valence-corrected chi connectivity index (χ3v) is 7.97. The van der Waals surface area contributed by atoms with Gasteiger partial charge in [-0.2, -0.15) is 0 Å². The highest BCUT2D eigenvalue weighted by Gasteiger charge is 2.36. The lowest BCUT2D eigenvalue weighted by molar-refractivity contribution is -0.0586. The normalized spacial score (nSPS) is 17.7. The maximum absolute atomic E-state index is 13.0. The predicted octanol–water partition coefficient (Wildman–Crippen LogP) is 7.43. The Morgan fingerprint density at radius 2 is 1.84 bits per heavy atom. The lowest BCUT2D eigenvalue weighted by atomic mass is 9.86. The first-order chi connectivity index (χ1) is 21.7. The van der Waals surface area contributed by atoms with Crippen molar-refractivity contribution in [2.24, 2.45) is 0 Å². The Balaban J connectivity index is 1.20. The lowest BCUT2D eigenvalue weighted by Gasteiger charge is -2.40. The van der Waals surface area contributed by atoms with E-state index in [1.54, 1.807) is 18.3 Å². The van der Waals surface area contributed by atoms with Crippen molar-refractivity contribution < 1.29 is 28.5 Å². The number of likely N-dealkylation sites (tertiary alicyclic amines) is 1. The Labute approximate surface area is 265 Å². The highest BCUT2D eigenvalue weighted by atomic mass is 16.6. The monoisotopic (exact) mass is 615 g/mol. The number of fused-ring (bicyclic) bond motifs is 1. The molecule has 1 N–H and O–H groups in total. The molecule has 0 aliphatic carbocycles. The lowest BCUT2D eigenvalue weighted by Crippen LogP contribution is -2.48. The van der Waals surface area contributed by atoms with Gasteiger partial charge in [-0.15, -0.1) is 0 Å². The van der Waals surface area contributed by atoms with Crippen LogP contribution in [0.4, 0.5) is 4.79 Å². The Morgan fingerprint density at radius 3 is 2.62 bits per heavy atom. The summed E-state index contributed by atoms with van der Waals surface area (Å²) < 4.78 is 29.7. The molecule has 3 aromatic carbocycles. The molecule has 0 bridgehead atoms. The van der Waals surface area contributed by atoms with Crippen molar-refractivity contribution in [2.75, 3.05) is 33.4 Å². The summed E-state index contributed by atoms with van der Waals surface area (Å²) in [7, 11) is 1.67. The molecule has 0 saturated carbocycles. The Morgan fingerprint density at radius 1 is 1.04 bits per heavy atom. The van der Waals surface area contributed by atoms with Crippen LogP contribution >= 0.6 is 0 Å². The maximum Gasteiger partial charge on any atom is 0.410 e. The van der Waals surface area contributed by atoms with Crippen LogP contribution < -0.4 is 9.47 Å². The number of hydrogen-bond donors (Lipinski definition) is 1. The average molecular weight is 616 g/mol. The molecular weight excluding hydrogens is 570 g/mol. The van der Waals surface area contributed by atoms with Crippen LogP contribution in [0, 0.1) is 0 Å². The summed E-state index contributed by atoms with van der Waals surface area (Å²) in [6, 6.07) is 22.2. The van der Waals surface area contributed by atoms with Gasteiger partial charge in [0.25, 0.3) is 0 Å². The van der Waals surface area contributed by atoms with Crippen molar-refractivity contribution in [2.45, 2.75) is 70.9 Å². The van der Waals surface area contributed by atoms with Gasteiger partial charge >= 0.3 is 6.09 Å². The van der Waals surface area contributed by atoms with Crippen molar-refractivity contribution in [3.63, 3.8) is 0 Å². The van der Waals surface area contributed by atoms with Crippen LogP contribution in [0.2, 0.25) is 0 Å². The summed E-state index contributed by atoms with van der Waals surface area (Å²) in [6.07, 6.45) is 2.46. The minimum Gasteiger partial charge on any atom is -0.496 e. The van der Waals surface area contributed by atoms with Crippen molar-refractivity contribution in [1.82, 2.24) is 14.9 Å². The molecular formula is C36H45N3O6. The second-order valence-electron chi connectivity index (χ2n) is 12.4. The van der Waals surface area contributed by atoms with Crippen LogP contribution in [0.15, 0.2) is 73.1 Å². The number of nitrogens with zero attached hydrogens (tertiary/aromatic N) is 2. The first-order valence-electron chi connectivity index (χ1n) is 15.7. The molecule has 9 nitrogen and oxygen atoms in total. The molecule has 1 aromatic heterocycles. The zero-order valence-electron chi connectivity index (χ0n) is 27.0. The van der Waals surface area contributed by atoms with Gasteiger partial charge in [0.1, 0.15) is 17.1 Å². The van der Waals surface area contributed by atoms with Crippen LogP contribution in [0.1, 0.15) is 69.2 Å². The number of H-pyrrole nitrogens is 1. The number of piperidine rings is 1. The van der Waals surface area contributed by atoms with E-state index in [-0.39, 0.29) is 24.2 Å². The minimum absolute atomic E-state index is 0.0990. The fourth-order valence-electron chi connectivity index (χ4n) is 5.75. The molecule has 1 fully saturated rings. The number of rotatable bonds is 12. The van der Waals surface area contributed by atoms with Gasteiger partial charge in [0.05, 0.1) is 63.0 Å². The van der Waals surface area contributed by atoms with Crippen molar-refractivity contribution in [1.29, 1.82) is 0 Å². The van der Waals surface area contributed by atoms with E-state index in [9.17, 15) is 4.79 Å². The molecule has 3 unspecified atom stereocenters. The van der Waals surface area contributed by atoms with Gasteiger partial charge in [0, 0.05) is 30.0 Å². The third kappa shape index (κ3) is 8.55. The molecule has 0 radical (unpaired) electrons. The number of methoxy groups -OCH3 is 1. The molecule has 0 spiro atoms. The standard InChI is InChI=1S/C36H45N3O6/c1-25(29-11-8-12-31-34(29)38-24-37-31)44-33-22-39(35(40)45-36(2,3)4)19-18-30(33)26-14-16-28(17-15-26)43-21-9-20-42-23-27-10-6-7-13-32(27)41-5/h6-8,10-17,24-25,30,33H,9,18-23H2,1-5H3,(H,37,38). The second-order valence-corrected chi connectivity index (χ2v) is 12.4. The summed E-state index contributed by atoms with van der Waals surface area (Å²) in [5.74, 6) is 1.74. The van der Waals surface area contributed by atoms with E-state index in [2.05, 4.69) is 22.1 Å². The molecule has 240 valence electrons. The van der Waals surface area contributed by atoms with Crippen molar-refractivity contribution in [3.05, 3.63) is 89.7 Å². The van der Waals surface area contributed by atoms with Crippen molar-refractivity contribution in [3.8, 4) is 11.5 Å². The molecule has 9 heteroatoms. The molecule has 1 aliphatic heterocycles. The van der Waals surface area contributed by atoms with Gasteiger partial charge in [0.15, 0.2) is 0 Å². The zero-order chi connectivity index (χ0) is 31.8. The summed E-state index contributed by atoms with van der Waals surface area (Å²) in [6.45, 7) is 10.4. The van der Waals surface area contributed by atoms with Gasteiger partial charge in [-0.25, -0.2) is 9.78 Å². The fourth-order valence-corrected chi connectivity index (χ4v) is 5.75. The number of hydrogen-bond acceptors (Lipinski definition) is 7. The fraction of sp³-hybridized carbons (Fsp3) is 0.444. The SMILES string of the molecule is COc1ccccc1COCCCOc1ccc(C2CCN(C(=O)OC(C)(C)C)CC2OC(C)c2cccc3[nH]cnc23)cc1. The Hall–Kier alpha value is -4.08. The topological polar surface area (TPSA) is 95.1 Å². The zero-order valence-corrected chi connectivity index (χ0v) is 27.0. The highest BCUT2D eigenvalue weighted by molar-refractivity contribution is 5.78. The largest absolute Gasteiger partial charge is 0.496 e. The number of para-hydroxylation sites is 2. The summed E-state index contributed by atoms with van der Waals surface area (Å²) in [5, 5.41) is 0. The van der Waals surface area contributed by atoms with Gasteiger partial charge in [0.2, 0.25) is 0 Å². The smallest absolute Gasteiger partial charge is 0.410 e. The maximum atomic E-state index is 13.0. The number of carbonyl (C=O) groups excluding carboxylic acids is 1. The van der Waals surface area contributed by atoms with Crippen LogP contribution in [0.5, 0.6) is 11.5 Å². The van der Waals surface area contributed by atoms with E-state index in [1.807, 2.05) is 82.3 Å². The molecule has 45 heavy (non-hydrogen) atoms. The van der Waals surface area contributed by atoms with Crippen LogP contribution in [-0.4, -0.2) is 66.1 Å². The highest BCUT2D eigenvalue weighted by Crippen LogP contribution is 2.36. The number of imidazole rings is 1. The summed E-state index contributed by atoms with van der Waals surface area (Å²) >= 11 is 0. The quantitative estimate of drug-likeness (QED) is 0.166.